The number of amides is 1. The first-order valence-electron chi connectivity index (χ1n) is 6.84. The average Bonchev–Trinajstić information content (AvgIpc) is 2.86. The Morgan fingerprint density at radius 2 is 2.10 bits per heavy atom. The van der Waals surface area contributed by atoms with E-state index in [9.17, 15) is 4.79 Å². The molecule has 0 atom stereocenters. The fourth-order valence-electron chi connectivity index (χ4n) is 2.13. The smallest absolute Gasteiger partial charge is 0.261 e. The number of halogens is 1. The van der Waals surface area contributed by atoms with E-state index in [4.69, 9.17) is 0 Å². The van der Waals surface area contributed by atoms with Crippen LogP contribution in [0.2, 0.25) is 0 Å². The van der Waals surface area contributed by atoms with Crippen molar-refractivity contribution in [2.45, 2.75) is 26.7 Å². The number of hydrogen-bond donors (Lipinski definition) is 1. The van der Waals surface area contributed by atoms with Crippen LogP contribution in [-0.2, 0) is 0 Å². The maximum atomic E-state index is 12.2. The van der Waals surface area contributed by atoms with Gasteiger partial charge in [-0.25, -0.2) is 0 Å². The Balaban J connectivity index is 1.98. The standard InChI is InChI=1S/C16H20BrNOS/c1-16(2,8-5-9-17)11-18-15(19)14-10-12-6-3-4-7-13(12)20-14/h3-4,6-7,10H,5,8-9,11H2,1-2H3,(H,18,19). The molecule has 0 saturated carbocycles. The van der Waals surface area contributed by atoms with Gasteiger partial charge < -0.3 is 5.32 Å². The van der Waals surface area contributed by atoms with Crippen molar-refractivity contribution in [2.75, 3.05) is 11.9 Å². The van der Waals surface area contributed by atoms with E-state index in [2.05, 4.69) is 41.2 Å². The van der Waals surface area contributed by atoms with Gasteiger partial charge >= 0.3 is 0 Å². The quantitative estimate of drug-likeness (QED) is 0.740. The fraction of sp³-hybridized carbons (Fsp3) is 0.438. The third-order valence-corrected chi connectivity index (χ3v) is 5.04. The zero-order valence-corrected chi connectivity index (χ0v) is 14.3. The second-order valence-corrected chi connectivity index (χ2v) is 7.66. The molecule has 1 N–H and O–H groups in total. The van der Waals surface area contributed by atoms with Crippen LogP contribution in [0.5, 0.6) is 0 Å². The minimum absolute atomic E-state index is 0.0399. The molecule has 2 nitrogen and oxygen atoms in total. The molecule has 20 heavy (non-hydrogen) atoms. The Labute approximate surface area is 132 Å². The predicted molar refractivity (Wildman–Crippen MR) is 91.0 cm³/mol. The first kappa shape index (κ1) is 15.5. The molecule has 2 rings (SSSR count). The molecule has 0 aliphatic rings. The Morgan fingerprint density at radius 3 is 2.80 bits per heavy atom. The van der Waals surface area contributed by atoms with Gasteiger partial charge in [0.05, 0.1) is 4.88 Å². The molecule has 0 unspecified atom stereocenters. The van der Waals surface area contributed by atoms with Crippen LogP contribution in [0.1, 0.15) is 36.4 Å². The minimum Gasteiger partial charge on any atom is -0.351 e. The Hall–Kier alpha value is -0.870. The highest BCUT2D eigenvalue weighted by Gasteiger charge is 2.19. The highest BCUT2D eigenvalue weighted by molar-refractivity contribution is 9.09. The van der Waals surface area contributed by atoms with E-state index in [1.54, 1.807) is 11.3 Å². The van der Waals surface area contributed by atoms with Crippen molar-refractivity contribution in [2.24, 2.45) is 5.41 Å². The lowest BCUT2D eigenvalue weighted by Gasteiger charge is -2.24. The molecule has 2 aromatic rings. The first-order valence-corrected chi connectivity index (χ1v) is 8.78. The van der Waals surface area contributed by atoms with E-state index in [1.165, 1.54) is 0 Å². The van der Waals surface area contributed by atoms with Crippen molar-refractivity contribution in [3.05, 3.63) is 35.2 Å². The lowest BCUT2D eigenvalue weighted by atomic mass is 9.88. The van der Waals surface area contributed by atoms with Crippen LogP contribution in [0.25, 0.3) is 10.1 Å². The SMILES string of the molecule is CC(C)(CCCBr)CNC(=O)c1cc2ccccc2s1. The second-order valence-electron chi connectivity index (χ2n) is 5.79. The number of hydrogen-bond acceptors (Lipinski definition) is 2. The molecule has 1 amide bonds. The predicted octanol–water partition coefficient (Wildman–Crippen LogP) is 4.83. The summed E-state index contributed by atoms with van der Waals surface area (Å²) in [5.74, 6) is 0.0399. The van der Waals surface area contributed by atoms with Gasteiger partial charge in [0.1, 0.15) is 0 Å². The largest absolute Gasteiger partial charge is 0.351 e. The summed E-state index contributed by atoms with van der Waals surface area (Å²) in [6, 6.07) is 10.1. The van der Waals surface area contributed by atoms with E-state index < -0.39 is 0 Å². The van der Waals surface area contributed by atoms with Crippen molar-refractivity contribution in [3.63, 3.8) is 0 Å². The zero-order chi connectivity index (χ0) is 14.6. The van der Waals surface area contributed by atoms with Gasteiger partial charge in [0.2, 0.25) is 0 Å². The van der Waals surface area contributed by atoms with E-state index >= 15 is 0 Å². The van der Waals surface area contributed by atoms with Crippen molar-refractivity contribution in [1.29, 1.82) is 0 Å². The lowest BCUT2D eigenvalue weighted by molar-refractivity contribution is 0.0938. The van der Waals surface area contributed by atoms with Gasteiger partial charge in [-0.15, -0.1) is 11.3 Å². The monoisotopic (exact) mass is 353 g/mol. The normalized spacial score (nSPS) is 11.8. The zero-order valence-electron chi connectivity index (χ0n) is 11.9. The number of thiophene rings is 1. The Morgan fingerprint density at radius 1 is 1.35 bits per heavy atom. The van der Waals surface area contributed by atoms with E-state index in [0.29, 0.717) is 6.54 Å². The van der Waals surface area contributed by atoms with Gasteiger partial charge in [-0.3, -0.25) is 4.79 Å². The van der Waals surface area contributed by atoms with Crippen molar-refractivity contribution < 1.29 is 4.79 Å². The van der Waals surface area contributed by atoms with Crippen molar-refractivity contribution in [1.82, 2.24) is 5.32 Å². The summed E-state index contributed by atoms with van der Waals surface area (Å²) in [5, 5.41) is 5.22. The molecular formula is C16H20BrNOS. The van der Waals surface area contributed by atoms with Crippen LogP contribution in [-0.4, -0.2) is 17.8 Å². The van der Waals surface area contributed by atoms with Crippen molar-refractivity contribution in [3.8, 4) is 0 Å². The fourth-order valence-corrected chi connectivity index (χ4v) is 3.39. The summed E-state index contributed by atoms with van der Waals surface area (Å²) in [6.07, 6.45) is 2.23. The number of carbonyl (C=O) groups excluding carboxylic acids is 1. The van der Waals surface area contributed by atoms with Gasteiger partial charge in [-0.2, -0.15) is 0 Å². The summed E-state index contributed by atoms with van der Waals surface area (Å²) in [4.78, 5) is 13.0. The number of rotatable bonds is 6. The maximum Gasteiger partial charge on any atom is 0.261 e. The summed E-state index contributed by atoms with van der Waals surface area (Å²) >= 11 is 5.01. The first-order chi connectivity index (χ1) is 9.52. The number of alkyl halides is 1. The van der Waals surface area contributed by atoms with E-state index in [-0.39, 0.29) is 11.3 Å². The van der Waals surface area contributed by atoms with Gasteiger partial charge in [0.15, 0.2) is 0 Å². The molecule has 0 spiro atoms. The van der Waals surface area contributed by atoms with Crippen LogP contribution in [0.4, 0.5) is 0 Å². The van der Waals surface area contributed by atoms with Gasteiger partial charge in [0, 0.05) is 16.6 Å². The van der Waals surface area contributed by atoms with Gasteiger partial charge in [-0.1, -0.05) is 48.0 Å². The Kier molecular flexibility index (Phi) is 5.22. The second kappa shape index (κ2) is 6.72. The number of carbonyl (C=O) groups is 1. The van der Waals surface area contributed by atoms with Crippen LogP contribution < -0.4 is 5.32 Å². The maximum absolute atomic E-state index is 12.2. The average molecular weight is 354 g/mol. The molecule has 0 saturated heterocycles. The molecular weight excluding hydrogens is 334 g/mol. The highest BCUT2D eigenvalue weighted by Crippen LogP contribution is 2.26. The van der Waals surface area contributed by atoms with E-state index in [0.717, 1.165) is 33.1 Å². The number of fused-ring (bicyclic) bond motifs is 1. The van der Waals surface area contributed by atoms with Crippen LogP contribution in [0.3, 0.4) is 0 Å². The molecule has 0 bridgehead atoms. The van der Waals surface area contributed by atoms with Crippen LogP contribution >= 0.6 is 27.3 Å². The van der Waals surface area contributed by atoms with Crippen LogP contribution in [0, 0.1) is 5.41 Å². The Bertz CT molecular complexity index is 558. The molecule has 0 radical (unpaired) electrons. The number of nitrogens with one attached hydrogen (secondary N) is 1. The molecule has 0 aliphatic carbocycles. The van der Waals surface area contributed by atoms with Gasteiger partial charge in [-0.05, 0) is 35.8 Å². The summed E-state index contributed by atoms with van der Waals surface area (Å²) in [5.41, 5.74) is 0.139. The van der Waals surface area contributed by atoms with Crippen LogP contribution in [0.15, 0.2) is 30.3 Å². The highest BCUT2D eigenvalue weighted by atomic mass is 79.9. The number of benzene rings is 1. The molecule has 4 heteroatoms. The lowest BCUT2D eigenvalue weighted by Crippen LogP contribution is -2.33. The molecule has 0 aliphatic heterocycles. The minimum atomic E-state index is 0.0399. The van der Waals surface area contributed by atoms with E-state index in [1.807, 2.05) is 24.3 Å². The summed E-state index contributed by atoms with van der Waals surface area (Å²) < 4.78 is 1.16. The third kappa shape index (κ3) is 4.06. The molecule has 1 aromatic carbocycles. The summed E-state index contributed by atoms with van der Waals surface area (Å²) in [7, 11) is 0. The molecule has 108 valence electrons. The summed E-state index contributed by atoms with van der Waals surface area (Å²) in [6.45, 7) is 5.11. The topological polar surface area (TPSA) is 29.1 Å². The van der Waals surface area contributed by atoms with Crippen molar-refractivity contribution >= 4 is 43.3 Å². The molecule has 1 aromatic heterocycles. The third-order valence-electron chi connectivity index (χ3n) is 3.36. The molecule has 1 heterocycles. The molecule has 0 fully saturated rings. The van der Waals surface area contributed by atoms with Gasteiger partial charge in [0.25, 0.3) is 5.91 Å².